The average molecular weight is 625 g/mol. The highest BCUT2D eigenvalue weighted by Crippen LogP contribution is 2.22. The monoisotopic (exact) mass is 624 g/mol. The minimum absolute atomic E-state index is 0.0478. The van der Waals surface area contributed by atoms with Crippen molar-refractivity contribution in [2.45, 2.75) is 24.7 Å². The molecule has 11 heteroatoms. The van der Waals surface area contributed by atoms with Gasteiger partial charge in [-0.1, -0.05) is 31.5 Å². The third-order valence-corrected chi connectivity index (χ3v) is 7.34. The molecule has 0 saturated carbocycles. The predicted molar refractivity (Wildman–Crippen MR) is 176 cm³/mol. The Morgan fingerprint density at radius 2 is 1.49 bits per heavy atom. The average Bonchev–Trinajstić information content (AvgIpc) is 3.05. The van der Waals surface area contributed by atoms with Crippen molar-refractivity contribution in [1.29, 1.82) is 0 Å². The molecule has 0 bridgehead atoms. The number of nitro groups is 1. The molecule has 3 amide bonds. The minimum Gasteiger partial charge on any atom is -0.494 e. The summed E-state index contributed by atoms with van der Waals surface area (Å²) in [6.45, 7) is 2.76. The highest BCUT2D eigenvalue weighted by atomic mass is 32.2. The molecule has 3 N–H and O–H groups in total. The van der Waals surface area contributed by atoms with Crippen LogP contribution in [0.5, 0.6) is 5.75 Å². The second kappa shape index (κ2) is 16.4. The lowest BCUT2D eigenvalue weighted by atomic mass is 10.1. The van der Waals surface area contributed by atoms with Crippen molar-refractivity contribution in [3.05, 3.63) is 130 Å². The Bertz CT molecular complexity index is 1640. The van der Waals surface area contributed by atoms with Gasteiger partial charge in [0.05, 0.1) is 17.3 Å². The van der Waals surface area contributed by atoms with Crippen LogP contribution >= 0.6 is 11.8 Å². The number of amides is 3. The van der Waals surface area contributed by atoms with E-state index in [9.17, 15) is 24.5 Å². The molecule has 0 atom stereocenters. The number of benzene rings is 4. The number of rotatable bonds is 14. The third kappa shape index (κ3) is 10.4. The molecular weight excluding hydrogens is 592 g/mol. The highest BCUT2D eigenvalue weighted by molar-refractivity contribution is 8.00. The first-order chi connectivity index (χ1) is 21.8. The molecule has 0 aliphatic rings. The Labute approximate surface area is 265 Å². The zero-order valence-electron chi connectivity index (χ0n) is 24.5. The molecule has 4 rings (SSSR count). The van der Waals surface area contributed by atoms with Gasteiger partial charge in [0.25, 0.3) is 17.5 Å². The molecule has 0 heterocycles. The van der Waals surface area contributed by atoms with E-state index in [0.29, 0.717) is 29.1 Å². The lowest BCUT2D eigenvalue weighted by Gasteiger charge is -2.12. The highest BCUT2D eigenvalue weighted by Gasteiger charge is 2.16. The van der Waals surface area contributed by atoms with Crippen LogP contribution in [0.3, 0.4) is 0 Å². The number of thioether (sulfide) groups is 1. The normalized spacial score (nSPS) is 10.9. The summed E-state index contributed by atoms with van der Waals surface area (Å²) in [6.07, 6.45) is 3.48. The van der Waals surface area contributed by atoms with Crippen molar-refractivity contribution in [1.82, 2.24) is 5.32 Å². The Kier molecular flexibility index (Phi) is 11.9. The molecule has 10 nitrogen and oxygen atoms in total. The lowest BCUT2D eigenvalue weighted by Crippen LogP contribution is -2.30. The van der Waals surface area contributed by atoms with Gasteiger partial charge in [0.2, 0.25) is 5.91 Å². The Morgan fingerprint density at radius 3 is 2.13 bits per heavy atom. The molecule has 0 spiro atoms. The van der Waals surface area contributed by atoms with E-state index in [1.807, 2.05) is 12.1 Å². The smallest absolute Gasteiger partial charge is 0.272 e. The zero-order valence-corrected chi connectivity index (χ0v) is 25.3. The van der Waals surface area contributed by atoms with Crippen LogP contribution in [-0.4, -0.2) is 35.0 Å². The summed E-state index contributed by atoms with van der Waals surface area (Å²) >= 11 is 1.34. The lowest BCUT2D eigenvalue weighted by molar-refractivity contribution is -0.384. The number of anilines is 2. The number of carbonyl (C=O) groups is 3. The summed E-state index contributed by atoms with van der Waals surface area (Å²) in [5, 5.41) is 19.3. The van der Waals surface area contributed by atoms with E-state index < -0.39 is 16.7 Å². The maximum atomic E-state index is 13.3. The SMILES string of the molecule is CCCCOc1ccc(NC(=O)CSc2ccc(NC(=O)/C(=C/c3ccc([N+](=O)[O-])cc3)NC(=O)c3ccccc3)cc2)cc1. The zero-order chi connectivity index (χ0) is 32.0. The first-order valence-electron chi connectivity index (χ1n) is 14.2. The van der Waals surface area contributed by atoms with Crippen molar-refractivity contribution in [3.63, 3.8) is 0 Å². The maximum Gasteiger partial charge on any atom is 0.272 e. The van der Waals surface area contributed by atoms with Gasteiger partial charge >= 0.3 is 0 Å². The summed E-state index contributed by atoms with van der Waals surface area (Å²) < 4.78 is 5.65. The van der Waals surface area contributed by atoms with Crippen LogP contribution < -0.4 is 20.7 Å². The Hall–Kier alpha value is -5.42. The fourth-order valence-electron chi connectivity index (χ4n) is 3.95. The van der Waals surface area contributed by atoms with E-state index in [-0.39, 0.29) is 23.0 Å². The summed E-state index contributed by atoms with van der Waals surface area (Å²) in [7, 11) is 0. The number of nitro benzene ring substituents is 1. The number of unbranched alkanes of at least 4 members (excludes halogenated alkanes) is 1. The molecule has 0 unspecified atom stereocenters. The van der Waals surface area contributed by atoms with Crippen molar-refractivity contribution < 1.29 is 24.0 Å². The number of hydrogen-bond acceptors (Lipinski definition) is 7. The standard InChI is InChI=1S/C34H32N4O6S/c1-2-3-21-44-29-17-11-26(12-18-29)35-32(39)23-45-30-19-13-27(14-20-30)36-34(41)31(37-33(40)25-7-5-4-6-8-25)22-24-9-15-28(16-10-24)38(42)43/h4-20,22H,2-3,21,23H2,1H3,(H,35,39)(H,36,41)(H,37,40)/b31-22-. The summed E-state index contributed by atoms with van der Waals surface area (Å²) in [5.41, 5.74) is 1.86. The first-order valence-corrected chi connectivity index (χ1v) is 15.2. The molecule has 0 saturated heterocycles. The summed E-state index contributed by atoms with van der Waals surface area (Å²) in [6, 6.07) is 28.2. The van der Waals surface area contributed by atoms with E-state index in [4.69, 9.17) is 4.74 Å². The topological polar surface area (TPSA) is 140 Å². The predicted octanol–water partition coefficient (Wildman–Crippen LogP) is 6.91. The van der Waals surface area contributed by atoms with Gasteiger partial charge in [-0.05, 0) is 90.9 Å². The maximum absolute atomic E-state index is 13.3. The molecule has 0 aromatic heterocycles. The minimum atomic E-state index is -0.584. The van der Waals surface area contributed by atoms with E-state index in [2.05, 4.69) is 22.9 Å². The molecule has 0 fully saturated rings. The van der Waals surface area contributed by atoms with Crippen molar-refractivity contribution in [2.75, 3.05) is 23.0 Å². The molecule has 0 aliphatic heterocycles. The molecule has 230 valence electrons. The second-order valence-electron chi connectivity index (χ2n) is 9.77. The van der Waals surface area contributed by atoms with E-state index in [1.54, 1.807) is 66.7 Å². The number of nitrogens with one attached hydrogen (secondary N) is 3. The van der Waals surface area contributed by atoms with Gasteiger partial charge in [0.15, 0.2) is 0 Å². The van der Waals surface area contributed by atoms with Crippen LogP contribution in [0.4, 0.5) is 17.1 Å². The van der Waals surface area contributed by atoms with Crippen LogP contribution in [0.25, 0.3) is 6.08 Å². The van der Waals surface area contributed by atoms with Crippen molar-refractivity contribution in [3.8, 4) is 5.75 Å². The van der Waals surface area contributed by atoms with Crippen LogP contribution in [0.2, 0.25) is 0 Å². The number of hydrogen-bond donors (Lipinski definition) is 3. The third-order valence-electron chi connectivity index (χ3n) is 6.33. The second-order valence-corrected chi connectivity index (χ2v) is 10.8. The molecule has 0 aliphatic carbocycles. The summed E-state index contributed by atoms with van der Waals surface area (Å²) in [5.74, 6) is -0.282. The van der Waals surface area contributed by atoms with Crippen LogP contribution in [0, 0.1) is 10.1 Å². The van der Waals surface area contributed by atoms with Gasteiger partial charge in [0.1, 0.15) is 11.4 Å². The van der Waals surface area contributed by atoms with Crippen molar-refractivity contribution in [2.24, 2.45) is 0 Å². The molecule has 45 heavy (non-hydrogen) atoms. The van der Waals surface area contributed by atoms with Gasteiger partial charge in [-0.25, -0.2) is 0 Å². The molecule has 4 aromatic carbocycles. The van der Waals surface area contributed by atoms with Crippen LogP contribution in [-0.2, 0) is 9.59 Å². The Morgan fingerprint density at radius 1 is 0.844 bits per heavy atom. The first kappa shape index (κ1) is 32.5. The number of non-ortho nitro benzene ring substituents is 1. The molecule has 0 radical (unpaired) electrons. The van der Waals surface area contributed by atoms with Crippen molar-refractivity contribution >= 4 is 52.6 Å². The van der Waals surface area contributed by atoms with E-state index >= 15 is 0 Å². The quantitative estimate of drug-likeness (QED) is 0.0455. The molecule has 4 aromatic rings. The van der Waals surface area contributed by atoms with Gasteiger partial charge in [-0.2, -0.15) is 0 Å². The fraction of sp³-hybridized carbons (Fsp3) is 0.147. The van der Waals surface area contributed by atoms with Gasteiger partial charge in [-0.15, -0.1) is 11.8 Å². The number of ether oxygens (including phenoxy) is 1. The van der Waals surface area contributed by atoms with Gasteiger partial charge in [-0.3, -0.25) is 24.5 Å². The molecular formula is C34H32N4O6S. The van der Waals surface area contributed by atoms with Gasteiger partial charge in [0, 0.05) is 34.0 Å². The largest absolute Gasteiger partial charge is 0.494 e. The van der Waals surface area contributed by atoms with E-state index in [1.165, 1.54) is 42.1 Å². The van der Waals surface area contributed by atoms with Crippen LogP contribution in [0.1, 0.15) is 35.7 Å². The van der Waals surface area contributed by atoms with E-state index in [0.717, 1.165) is 23.5 Å². The van der Waals surface area contributed by atoms with Crippen LogP contribution in [0.15, 0.2) is 114 Å². The van der Waals surface area contributed by atoms with Gasteiger partial charge < -0.3 is 20.7 Å². The fourth-order valence-corrected chi connectivity index (χ4v) is 4.65. The number of nitrogens with zero attached hydrogens (tertiary/aromatic N) is 1. The Balaban J connectivity index is 1.35. The number of carbonyl (C=O) groups excluding carboxylic acids is 3. The summed E-state index contributed by atoms with van der Waals surface area (Å²) in [4.78, 5) is 49.9.